The van der Waals surface area contributed by atoms with E-state index in [1.165, 1.54) is 62.3 Å². The van der Waals surface area contributed by atoms with Crippen LogP contribution >= 0.6 is 0 Å². The fourth-order valence-electron chi connectivity index (χ4n) is 3.59. The third-order valence-corrected chi connectivity index (χ3v) is 5.03. The zero-order valence-electron chi connectivity index (χ0n) is 15.4. The van der Waals surface area contributed by atoms with Crippen molar-refractivity contribution in [2.45, 2.75) is 64.7 Å². The third-order valence-electron chi connectivity index (χ3n) is 5.03. The molecule has 3 aromatic rings. The van der Waals surface area contributed by atoms with Crippen LogP contribution in [-0.2, 0) is 6.42 Å². The molecule has 0 aliphatic heterocycles. The van der Waals surface area contributed by atoms with Crippen LogP contribution in [0, 0.1) is 0 Å². The first-order valence-electron chi connectivity index (χ1n) is 9.86. The Kier molecular flexibility index (Phi) is 6.27. The molecule has 0 radical (unpaired) electrons. The Balaban J connectivity index is 1.60. The summed E-state index contributed by atoms with van der Waals surface area (Å²) >= 11 is 0. The molecule has 0 bridgehead atoms. The van der Waals surface area contributed by atoms with Gasteiger partial charge in [0.15, 0.2) is 0 Å². The Labute approximate surface area is 151 Å². The van der Waals surface area contributed by atoms with Crippen molar-refractivity contribution in [3.8, 4) is 0 Å². The normalized spacial score (nSPS) is 11.4. The smallest absolute Gasteiger partial charge is 0.0939 e. The van der Waals surface area contributed by atoms with Crippen molar-refractivity contribution in [2.75, 3.05) is 5.73 Å². The lowest BCUT2D eigenvalue weighted by Gasteiger charge is -2.08. The molecule has 2 aromatic carbocycles. The van der Waals surface area contributed by atoms with Crippen molar-refractivity contribution >= 4 is 27.5 Å². The highest BCUT2D eigenvalue weighted by Gasteiger charge is 2.05. The van der Waals surface area contributed by atoms with Gasteiger partial charge in [0.2, 0.25) is 0 Å². The molecule has 1 aromatic heterocycles. The van der Waals surface area contributed by atoms with Gasteiger partial charge in [-0.2, -0.15) is 0 Å². The molecular formula is C23H30N2. The van der Waals surface area contributed by atoms with Crippen molar-refractivity contribution in [3.63, 3.8) is 0 Å². The number of fused-ring (bicyclic) bond motifs is 2. The predicted octanol–water partition coefficient (Wildman–Crippen LogP) is 6.65. The fraction of sp³-hybridized carbons (Fsp3) is 0.435. The van der Waals surface area contributed by atoms with Gasteiger partial charge < -0.3 is 5.73 Å². The van der Waals surface area contributed by atoms with Crippen LogP contribution in [0.1, 0.15) is 63.9 Å². The fourth-order valence-corrected chi connectivity index (χ4v) is 3.59. The van der Waals surface area contributed by atoms with Crippen LogP contribution < -0.4 is 5.73 Å². The molecule has 0 amide bonds. The number of anilines is 1. The molecule has 0 fully saturated rings. The maximum atomic E-state index is 6.28. The number of hydrogen-bond donors (Lipinski definition) is 1. The molecule has 0 aliphatic carbocycles. The number of para-hydroxylation sites is 1. The number of unbranched alkanes of at least 4 members (excludes halogenated alkanes) is 7. The van der Waals surface area contributed by atoms with Gasteiger partial charge in [-0.15, -0.1) is 0 Å². The van der Waals surface area contributed by atoms with Crippen molar-refractivity contribution < 1.29 is 0 Å². The van der Waals surface area contributed by atoms with Gasteiger partial charge in [0, 0.05) is 10.8 Å². The summed E-state index contributed by atoms with van der Waals surface area (Å²) in [5.41, 5.74) is 10.4. The summed E-state index contributed by atoms with van der Waals surface area (Å²) < 4.78 is 0. The highest BCUT2D eigenvalue weighted by molar-refractivity contribution is 5.98. The first-order chi connectivity index (χ1) is 12.3. The van der Waals surface area contributed by atoms with Gasteiger partial charge >= 0.3 is 0 Å². The highest BCUT2D eigenvalue weighted by atomic mass is 14.7. The largest absolute Gasteiger partial charge is 0.397 e. The lowest BCUT2D eigenvalue weighted by molar-refractivity contribution is 0.575. The minimum atomic E-state index is 0.804. The number of hydrogen-bond acceptors (Lipinski definition) is 2. The second kappa shape index (κ2) is 8.84. The van der Waals surface area contributed by atoms with Crippen LogP contribution in [0.25, 0.3) is 21.8 Å². The number of aryl methyl sites for hydroxylation is 1. The molecule has 2 nitrogen and oxygen atoms in total. The van der Waals surface area contributed by atoms with Crippen LogP contribution in [0.4, 0.5) is 5.69 Å². The van der Waals surface area contributed by atoms with Gasteiger partial charge in [0.05, 0.1) is 16.7 Å². The molecule has 0 saturated carbocycles. The zero-order chi connectivity index (χ0) is 17.5. The van der Waals surface area contributed by atoms with Gasteiger partial charge in [-0.05, 0) is 42.7 Å². The predicted molar refractivity (Wildman–Crippen MR) is 110 cm³/mol. The number of nitrogen functional groups attached to an aromatic ring is 1. The zero-order valence-corrected chi connectivity index (χ0v) is 15.4. The average Bonchev–Trinajstić information content (AvgIpc) is 2.62. The molecule has 0 saturated heterocycles. The van der Waals surface area contributed by atoms with Gasteiger partial charge in [0.25, 0.3) is 0 Å². The Bertz CT molecular complexity index is 823. The monoisotopic (exact) mass is 334 g/mol. The van der Waals surface area contributed by atoms with E-state index >= 15 is 0 Å². The van der Waals surface area contributed by atoms with Crippen molar-refractivity contribution in [1.29, 1.82) is 0 Å². The molecule has 1 heterocycles. The topological polar surface area (TPSA) is 38.9 Å². The Morgan fingerprint density at radius 2 is 1.52 bits per heavy atom. The molecule has 25 heavy (non-hydrogen) atoms. The third kappa shape index (κ3) is 4.72. The lowest BCUT2D eigenvalue weighted by Crippen LogP contribution is -1.95. The molecule has 0 aliphatic rings. The lowest BCUT2D eigenvalue weighted by atomic mass is 10.0. The summed E-state index contributed by atoms with van der Waals surface area (Å²) in [5, 5.41) is 2.34. The summed E-state index contributed by atoms with van der Waals surface area (Å²) in [6, 6.07) is 14.8. The Morgan fingerprint density at radius 3 is 2.32 bits per heavy atom. The quantitative estimate of drug-likeness (QED) is 0.270. The van der Waals surface area contributed by atoms with E-state index in [2.05, 4.69) is 37.3 Å². The van der Waals surface area contributed by atoms with Crippen LogP contribution in [0.5, 0.6) is 0 Å². The van der Waals surface area contributed by atoms with E-state index in [4.69, 9.17) is 10.7 Å². The van der Waals surface area contributed by atoms with Crippen molar-refractivity contribution in [2.24, 2.45) is 0 Å². The van der Waals surface area contributed by atoms with Crippen LogP contribution in [0.2, 0.25) is 0 Å². The number of nitrogens with zero attached hydrogens (tertiary/aromatic N) is 1. The molecule has 132 valence electrons. The molecule has 2 heteroatoms. The Hall–Kier alpha value is -2.09. The van der Waals surface area contributed by atoms with Gasteiger partial charge in [0.1, 0.15) is 0 Å². The molecule has 0 unspecified atom stereocenters. The summed E-state index contributed by atoms with van der Waals surface area (Å²) in [6.07, 6.45) is 11.9. The number of aromatic nitrogens is 1. The van der Waals surface area contributed by atoms with E-state index in [1.807, 2.05) is 12.1 Å². The number of benzene rings is 2. The van der Waals surface area contributed by atoms with Crippen molar-refractivity contribution in [3.05, 3.63) is 48.0 Å². The molecule has 0 atom stereocenters. The summed E-state index contributed by atoms with van der Waals surface area (Å²) in [4.78, 5) is 4.74. The standard InChI is InChI=1S/C23H30N2/c1-2-3-4-5-6-7-8-9-12-18-15-20-17-19-13-10-11-14-22(19)25-23(20)21(24)16-18/h10-11,13-17H,2-9,12,24H2,1H3. The first kappa shape index (κ1) is 17.7. The van der Waals surface area contributed by atoms with Gasteiger partial charge in [-0.3, -0.25) is 0 Å². The molecule has 3 rings (SSSR count). The van der Waals surface area contributed by atoms with Gasteiger partial charge in [-0.25, -0.2) is 4.98 Å². The van der Waals surface area contributed by atoms with Crippen LogP contribution in [0.15, 0.2) is 42.5 Å². The summed E-state index contributed by atoms with van der Waals surface area (Å²) in [6.45, 7) is 2.27. The van der Waals surface area contributed by atoms with Crippen LogP contribution in [-0.4, -0.2) is 4.98 Å². The van der Waals surface area contributed by atoms with E-state index in [9.17, 15) is 0 Å². The maximum absolute atomic E-state index is 6.28. The van der Waals surface area contributed by atoms with E-state index < -0.39 is 0 Å². The minimum absolute atomic E-state index is 0.804. The van der Waals surface area contributed by atoms with Gasteiger partial charge in [-0.1, -0.05) is 70.1 Å². The second-order valence-corrected chi connectivity index (χ2v) is 7.16. The SMILES string of the molecule is CCCCCCCCCCc1cc(N)c2nc3ccccc3cc2c1. The van der Waals surface area contributed by atoms with Crippen molar-refractivity contribution in [1.82, 2.24) is 4.98 Å². The number of rotatable bonds is 9. The minimum Gasteiger partial charge on any atom is -0.397 e. The first-order valence-corrected chi connectivity index (χ1v) is 9.86. The number of pyridine rings is 1. The van der Waals surface area contributed by atoms with E-state index in [1.54, 1.807) is 0 Å². The van der Waals surface area contributed by atoms with E-state index in [-0.39, 0.29) is 0 Å². The molecule has 2 N–H and O–H groups in total. The number of nitrogens with two attached hydrogens (primary N) is 1. The molecular weight excluding hydrogens is 304 g/mol. The summed E-state index contributed by atoms with van der Waals surface area (Å²) in [5.74, 6) is 0. The second-order valence-electron chi connectivity index (χ2n) is 7.16. The van der Waals surface area contributed by atoms with E-state index in [0.29, 0.717) is 0 Å². The van der Waals surface area contributed by atoms with E-state index in [0.717, 1.165) is 28.5 Å². The van der Waals surface area contributed by atoms with Crippen LogP contribution in [0.3, 0.4) is 0 Å². The summed E-state index contributed by atoms with van der Waals surface area (Å²) in [7, 11) is 0. The maximum Gasteiger partial charge on any atom is 0.0939 e. The molecule has 0 spiro atoms. The Morgan fingerprint density at radius 1 is 0.800 bits per heavy atom. The average molecular weight is 335 g/mol. The highest BCUT2D eigenvalue weighted by Crippen LogP contribution is 2.26.